The van der Waals surface area contributed by atoms with Gasteiger partial charge in [0.1, 0.15) is 5.82 Å². The van der Waals surface area contributed by atoms with Crippen LogP contribution in [0.3, 0.4) is 0 Å². The minimum absolute atomic E-state index is 0.0415. The summed E-state index contributed by atoms with van der Waals surface area (Å²) in [5.41, 5.74) is 5.84. The lowest BCUT2D eigenvalue weighted by Crippen LogP contribution is -2.37. The molecule has 11 heteroatoms. The number of hydrogen-bond acceptors (Lipinski definition) is 4. The molecule has 1 saturated heterocycles. The number of amides is 2. The Balaban J connectivity index is 1.67. The van der Waals surface area contributed by atoms with E-state index in [1.165, 1.54) is 22.9 Å². The molecule has 2 aliphatic rings. The number of aromatic nitrogens is 3. The van der Waals surface area contributed by atoms with Crippen molar-refractivity contribution in [1.29, 1.82) is 0 Å². The highest BCUT2D eigenvalue weighted by Crippen LogP contribution is 2.43. The number of hydrogen-bond donors (Lipinski definition) is 1. The maximum absolute atomic E-state index is 13.6. The molecular formula is C18H17F4N5O2. The second kappa shape index (κ2) is 6.82. The van der Waals surface area contributed by atoms with E-state index in [0.717, 1.165) is 17.7 Å². The lowest BCUT2D eigenvalue weighted by atomic mass is 9.95. The molecule has 2 N–H and O–H groups in total. The van der Waals surface area contributed by atoms with Crippen molar-refractivity contribution in [1.82, 2.24) is 19.9 Å². The van der Waals surface area contributed by atoms with Gasteiger partial charge >= 0.3 is 6.18 Å². The van der Waals surface area contributed by atoms with Crippen LogP contribution in [0, 0.1) is 17.7 Å². The molecule has 0 radical (unpaired) electrons. The number of alkyl halides is 3. The molecule has 29 heavy (non-hydrogen) atoms. The van der Waals surface area contributed by atoms with Crippen molar-refractivity contribution in [3.63, 3.8) is 0 Å². The fraction of sp³-hybridized carbons (Fsp3) is 0.444. The van der Waals surface area contributed by atoms with Crippen LogP contribution in [-0.4, -0.2) is 51.0 Å². The first-order valence-corrected chi connectivity index (χ1v) is 9.03. The summed E-state index contributed by atoms with van der Waals surface area (Å²) < 4.78 is 54.8. The maximum Gasteiger partial charge on any atom is 0.394 e. The van der Waals surface area contributed by atoms with Gasteiger partial charge in [0.05, 0.1) is 23.2 Å². The van der Waals surface area contributed by atoms with Crippen molar-refractivity contribution >= 4 is 11.8 Å². The number of halogens is 4. The summed E-state index contributed by atoms with van der Waals surface area (Å²) in [5.74, 6) is -5.92. The average Bonchev–Trinajstić information content (AvgIpc) is 3.21. The topological polar surface area (TPSA) is 94.1 Å². The van der Waals surface area contributed by atoms with Gasteiger partial charge < -0.3 is 10.6 Å². The van der Waals surface area contributed by atoms with Crippen molar-refractivity contribution in [3.05, 3.63) is 41.5 Å². The summed E-state index contributed by atoms with van der Waals surface area (Å²) in [6, 6.07) is 5.56. The van der Waals surface area contributed by atoms with Crippen LogP contribution in [0.1, 0.15) is 34.9 Å². The second-order valence-electron chi connectivity index (χ2n) is 7.36. The van der Waals surface area contributed by atoms with Crippen molar-refractivity contribution < 1.29 is 27.2 Å². The molecule has 2 heterocycles. The first-order chi connectivity index (χ1) is 13.7. The van der Waals surface area contributed by atoms with Crippen LogP contribution in [0.2, 0.25) is 0 Å². The summed E-state index contributed by atoms with van der Waals surface area (Å²) in [4.78, 5) is 25.4. The zero-order chi connectivity index (χ0) is 20.9. The molecule has 0 spiro atoms. The zero-order valence-corrected chi connectivity index (χ0v) is 15.1. The van der Waals surface area contributed by atoms with Gasteiger partial charge in [-0.25, -0.2) is 9.07 Å². The van der Waals surface area contributed by atoms with Gasteiger partial charge in [-0.2, -0.15) is 13.2 Å². The van der Waals surface area contributed by atoms with E-state index in [2.05, 4.69) is 10.3 Å². The molecule has 154 valence electrons. The third-order valence-electron chi connectivity index (χ3n) is 5.32. The van der Waals surface area contributed by atoms with Gasteiger partial charge in [0, 0.05) is 19.0 Å². The highest BCUT2D eigenvalue weighted by Gasteiger charge is 2.53. The molecule has 1 saturated carbocycles. The fourth-order valence-electron chi connectivity index (χ4n) is 3.70. The Morgan fingerprint density at radius 1 is 1.17 bits per heavy atom. The first kappa shape index (κ1) is 19.3. The molecule has 2 atom stereocenters. The lowest BCUT2D eigenvalue weighted by molar-refractivity contribution is -0.182. The van der Waals surface area contributed by atoms with E-state index in [9.17, 15) is 27.2 Å². The van der Waals surface area contributed by atoms with E-state index in [1.54, 1.807) is 6.07 Å². The van der Waals surface area contributed by atoms with Crippen LogP contribution in [0.15, 0.2) is 24.3 Å². The Hall–Kier alpha value is -2.98. The first-order valence-electron chi connectivity index (χ1n) is 9.03. The standard InChI is InChI=1S/C18H17F4N5O2/c19-10-2-1-3-11(6-10)27-15(9-4-5-9)14(24-25-27)17(29)26-7-12(16(23)28)13(8-26)18(20,21)22/h1-3,6,9,12-13H,4-5,7-8H2,(H2,23,28)/t12-,13-/m1/s1. The van der Waals surface area contributed by atoms with Crippen molar-refractivity contribution in [2.45, 2.75) is 24.9 Å². The zero-order valence-electron chi connectivity index (χ0n) is 15.1. The summed E-state index contributed by atoms with van der Waals surface area (Å²) in [5, 5.41) is 7.83. The molecule has 4 rings (SSSR count). The van der Waals surface area contributed by atoms with Crippen LogP contribution in [-0.2, 0) is 4.79 Å². The Morgan fingerprint density at radius 2 is 1.90 bits per heavy atom. The summed E-state index contributed by atoms with van der Waals surface area (Å²) in [6.07, 6.45) is -3.14. The summed E-state index contributed by atoms with van der Waals surface area (Å²) >= 11 is 0. The maximum atomic E-state index is 13.6. The van der Waals surface area contributed by atoms with E-state index in [-0.39, 0.29) is 11.6 Å². The second-order valence-corrected chi connectivity index (χ2v) is 7.36. The molecule has 2 fully saturated rings. The molecule has 1 aromatic heterocycles. The predicted molar refractivity (Wildman–Crippen MR) is 91.4 cm³/mol. The van der Waals surface area contributed by atoms with Crippen LogP contribution in [0.25, 0.3) is 5.69 Å². The Kier molecular flexibility index (Phi) is 4.55. The van der Waals surface area contributed by atoms with Gasteiger partial charge in [0.15, 0.2) is 5.69 Å². The number of carbonyl (C=O) groups is 2. The largest absolute Gasteiger partial charge is 0.394 e. The van der Waals surface area contributed by atoms with E-state index in [0.29, 0.717) is 11.4 Å². The molecule has 2 amide bonds. The molecular weight excluding hydrogens is 394 g/mol. The minimum atomic E-state index is -4.66. The molecule has 1 aliphatic heterocycles. The van der Waals surface area contributed by atoms with E-state index in [1.807, 2.05) is 0 Å². The van der Waals surface area contributed by atoms with Crippen LogP contribution in [0.5, 0.6) is 0 Å². The monoisotopic (exact) mass is 411 g/mol. The average molecular weight is 411 g/mol. The number of primary amides is 1. The molecule has 0 unspecified atom stereocenters. The molecule has 1 aromatic carbocycles. The SMILES string of the molecule is NC(=O)[C@@H]1CN(C(=O)c2nnn(-c3cccc(F)c3)c2C2CC2)C[C@H]1C(F)(F)F. The van der Waals surface area contributed by atoms with Gasteiger partial charge in [0.2, 0.25) is 5.91 Å². The van der Waals surface area contributed by atoms with E-state index in [4.69, 9.17) is 5.73 Å². The van der Waals surface area contributed by atoms with Gasteiger partial charge in [-0.3, -0.25) is 9.59 Å². The number of likely N-dealkylation sites (tertiary alicyclic amines) is 1. The third kappa shape index (κ3) is 3.56. The van der Waals surface area contributed by atoms with Crippen molar-refractivity contribution in [2.75, 3.05) is 13.1 Å². The fourth-order valence-corrected chi connectivity index (χ4v) is 3.70. The number of nitrogens with zero attached hydrogens (tertiary/aromatic N) is 4. The third-order valence-corrected chi connectivity index (χ3v) is 5.32. The van der Waals surface area contributed by atoms with Gasteiger partial charge in [-0.15, -0.1) is 5.10 Å². The van der Waals surface area contributed by atoms with Gasteiger partial charge in [-0.1, -0.05) is 11.3 Å². The molecule has 0 bridgehead atoms. The Morgan fingerprint density at radius 3 is 2.45 bits per heavy atom. The van der Waals surface area contributed by atoms with Crippen molar-refractivity contribution in [2.24, 2.45) is 17.6 Å². The normalized spacial score (nSPS) is 22.1. The highest BCUT2D eigenvalue weighted by atomic mass is 19.4. The number of rotatable bonds is 4. The van der Waals surface area contributed by atoms with E-state index >= 15 is 0 Å². The Bertz CT molecular complexity index is 969. The molecule has 7 nitrogen and oxygen atoms in total. The predicted octanol–water partition coefficient (Wildman–Crippen LogP) is 2.02. The molecule has 2 aromatic rings. The van der Waals surface area contributed by atoms with Gasteiger partial charge in [0.25, 0.3) is 5.91 Å². The number of benzene rings is 1. The Labute approximate surface area is 162 Å². The van der Waals surface area contributed by atoms with Gasteiger partial charge in [-0.05, 0) is 31.0 Å². The number of nitrogens with two attached hydrogens (primary N) is 1. The highest BCUT2D eigenvalue weighted by molar-refractivity contribution is 5.94. The van der Waals surface area contributed by atoms with E-state index < -0.39 is 48.7 Å². The number of carbonyl (C=O) groups excluding carboxylic acids is 2. The van der Waals surface area contributed by atoms with Crippen LogP contribution < -0.4 is 5.73 Å². The minimum Gasteiger partial charge on any atom is -0.369 e. The van der Waals surface area contributed by atoms with Crippen LogP contribution >= 0.6 is 0 Å². The molecule has 1 aliphatic carbocycles. The van der Waals surface area contributed by atoms with Crippen LogP contribution in [0.4, 0.5) is 17.6 Å². The quantitative estimate of drug-likeness (QED) is 0.779. The lowest BCUT2D eigenvalue weighted by Gasteiger charge is -2.18. The smallest absolute Gasteiger partial charge is 0.369 e. The summed E-state index contributed by atoms with van der Waals surface area (Å²) in [7, 11) is 0. The summed E-state index contributed by atoms with van der Waals surface area (Å²) in [6.45, 7) is -1.11. The van der Waals surface area contributed by atoms with Crippen molar-refractivity contribution in [3.8, 4) is 5.69 Å².